The highest BCUT2D eigenvalue weighted by molar-refractivity contribution is 14.1. The fourth-order valence-electron chi connectivity index (χ4n) is 1.28. The number of hydrogen-bond acceptors (Lipinski definition) is 2. The summed E-state index contributed by atoms with van der Waals surface area (Å²) in [5, 5.41) is 6.06. The second kappa shape index (κ2) is 3.56. The molecule has 0 amide bonds. The molecule has 5 heteroatoms. The molecule has 0 aliphatic carbocycles. The van der Waals surface area contributed by atoms with Gasteiger partial charge in [0.05, 0.1) is 5.69 Å². The summed E-state index contributed by atoms with van der Waals surface area (Å²) in [7, 11) is 0. The molecular formula is C9H8IN3O. The molecule has 1 aromatic heterocycles. The maximum Gasteiger partial charge on any atom is 0.347 e. The van der Waals surface area contributed by atoms with Gasteiger partial charge in [0.15, 0.2) is 0 Å². The highest BCUT2D eigenvalue weighted by Crippen LogP contribution is 2.17. The Labute approximate surface area is 94.1 Å². The Balaban J connectivity index is 2.69. The molecule has 0 atom stereocenters. The van der Waals surface area contributed by atoms with Gasteiger partial charge in [-0.3, -0.25) is 0 Å². The smallest absolute Gasteiger partial charge is 0.249 e. The number of H-pyrrole nitrogens is 1. The molecule has 4 nitrogen and oxygen atoms in total. The third kappa shape index (κ3) is 1.47. The lowest BCUT2D eigenvalue weighted by Crippen LogP contribution is -2.15. The van der Waals surface area contributed by atoms with Crippen molar-refractivity contribution >= 4 is 22.6 Å². The third-order valence-corrected chi connectivity index (χ3v) is 3.22. The first-order valence-corrected chi connectivity index (χ1v) is 5.15. The number of hydrogen-bond donors (Lipinski definition) is 1. The van der Waals surface area contributed by atoms with Crippen LogP contribution in [0.15, 0.2) is 29.3 Å². The molecule has 0 saturated carbocycles. The highest BCUT2D eigenvalue weighted by Gasteiger charge is 2.05. The normalized spacial score (nSPS) is 10.4. The fourth-order valence-corrected chi connectivity index (χ4v) is 1.76. The van der Waals surface area contributed by atoms with Gasteiger partial charge in [0.2, 0.25) is 0 Å². The van der Waals surface area contributed by atoms with Crippen LogP contribution in [0, 0.1) is 10.5 Å². The van der Waals surface area contributed by atoms with Crippen LogP contribution in [0.25, 0.3) is 5.69 Å². The van der Waals surface area contributed by atoms with E-state index in [4.69, 9.17) is 0 Å². The average molecular weight is 301 g/mol. The van der Waals surface area contributed by atoms with E-state index in [9.17, 15) is 4.79 Å². The van der Waals surface area contributed by atoms with Crippen molar-refractivity contribution in [2.75, 3.05) is 0 Å². The highest BCUT2D eigenvalue weighted by atomic mass is 127. The van der Waals surface area contributed by atoms with E-state index in [1.807, 2.05) is 25.1 Å². The molecular weight excluding hydrogens is 293 g/mol. The first kappa shape index (κ1) is 9.45. The predicted octanol–water partition coefficient (Wildman–Crippen LogP) is 1.47. The molecule has 0 radical (unpaired) electrons. The van der Waals surface area contributed by atoms with Gasteiger partial charge in [0.1, 0.15) is 6.33 Å². The summed E-state index contributed by atoms with van der Waals surface area (Å²) >= 11 is 2.24. The third-order valence-electron chi connectivity index (χ3n) is 2.05. The lowest BCUT2D eigenvalue weighted by molar-refractivity contribution is 0.971. The van der Waals surface area contributed by atoms with Crippen LogP contribution >= 0.6 is 22.6 Å². The standard InChI is InChI=1S/C9H8IN3O/c1-6-7(10)3-2-4-8(6)13-5-11-12-9(13)14/h2-5H,1H3,(H,12,14). The number of halogens is 1. The Kier molecular flexibility index (Phi) is 2.40. The Bertz CT molecular complexity index is 515. The van der Waals surface area contributed by atoms with Gasteiger partial charge >= 0.3 is 5.69 Å². The van der Waals surface area contributed by atoms with E-state index < -0.39 is 0 Å². The molecule has 0 aliphatic rings. The Hall–Kier alpha value is -1.11. The van der Waals surface area contributed by atoms with E-state index >= 15 is 0 Å². The maximum atomic E-state index is 11.3. The molecule has 1 N–H and O–H groups in total. The molecule has 14 heavy (non-hydrogen) atoms. The SMILES string of the molecule is Cc1c(I)cccc1-n1cn[nH]c1=O. The Morgan fingerprint density at radius 3 is 2.93 bits per heavy atom. The van der Waals surface area contributed by atoms with Crippen molar-refractivity contribution in [1.82, 2.24) is 14.8 Å². The minimum Gasteiger partial charge on any atom is -0.249 e. The van der Waals surface area contributed by atoms with Gasteiger partial charge in [-0.15, -0.1) is 0 Å². The number of benzene rings is 1. The lowest BCUT2D eigenvalue weighted by Gasteiger charge is -2.05. The minimum absolute atomic E-state index is 0.213. The zero-order chi connectivity index (χ0) is 10.1. The predicted molar refractivity (Wildman–Crippen MR) is 61.6 cm³/mol. The molecule has 1 heterocycles. The molecule has 0 aliphatic heterocycles. The van der Waals surface area contributed by atoms with Crippen molar-refractivity contribution in [3.8, 4) is 5.69 Å². The summed E-state index contributed by atoms with van der Waals surface area (Å²) in [6.07, 6.45) is 1.49. The summed E-state index contributed by atoms with van der Waals surface area (Å²) in [6, 6.07) is 5.82. The van der Waals surface area contributed by atoms with Gasteiger partial charge in [-0.25, -0.2) is 14.5 Å². The molecule has 0 saturated heterocycles. The summed E-state index contributed by atoms with van der Waals surface area (Å²) in [5.74, 6) is 0. The minimum atomic E-state index is -0.213. The van der Waals surface area contributed by atoms with Crippen LogP contribution in [0.1, 0.15) is 5.56 Å². The van der Waals surface area contributed by atoms with E-state index in [-0.39, 0.29) is 5.69 Å². The zero-order valence-electron chi connectivity index (χ0n) is 7.49. The zero-order valence-corrected chi connectivity index (χ0v) is 9.65. The van der Waals surface area contributed by atoms with Crippen LogP contribution in [0.5, 0.6) is 0 Å². The fraction of sp³-hybridized carbons (Fsp3) is 0.111. The lowest BCUT2D eigenvalue weighted by atomic mass is 10.2. The quantitative estimate of drug-likeness (QED) is 0.811. The molecule has 0 spiro atoms. The van der Waals surface area contributed by atoms with Gasteiger partial charge in [0, 0.05) is 3.57 Å². The van der Waals surface area contributed by atoms with Crippen LogP contribution in [-0.4, -0.2) is 14.8 Å². The molecule has 1 aromatic carbocycles. The molecule has 72 valence electrons. The van der Waals surface area contributed by atoms with E-state index in [2.05, 4.69) is 32.8 Å². The Morgan fingerprint density at radius 1 is 1.50 bits per heavy atom. The van der Waals surface area contributed by atoms with E-state index in [1.54, 1.807) is 0 Å². The first-order valence-electron chi connectivity index (χ1n) is 4.07. The second-order valence-electron chi connectivity index (χ2n) is 2.92. The summed E-state index contributed by atoms with van der Waals surface area (Å²) < 4.78 is 2.63. The van der Waals surface area contributed by atoms with Gasteiger partial charge < -0.3 is 0 Å². The number of nitrogens with zero attached hydrogens (tertiary/aromatic N) is 2. The van der Waals surface area contributed by atoms with Crippen molar-refractivity contribution in [2.24, 2.45) is 0 Å². The van der Waals surface area contributed by atoms with Crippen molar-refractivity contribution in [3.63, 3.8) is 0 Å². The largest absolute Gasteiger partial charge is 0.347 e. The topological polar surface area (TPSA) is 50.7 Å². The van der Waals surface area contributed by atoms with Crippen LogP contribution in [0.3, 0.4) is 0 Å². The van der Waals surface area contributed by atoms with Gasteiger partial charge in [0.25, 0.3) is 0 Å². The van der Waals surface area contributed by atoms with Crippen molar-refractivity contribution in [2.45, 2.75) is 6.92 Å². The molecule has 0 bridgehead atoms. The maximum absolute atomic E-state index is 11.3. The molecule has 2 aromatic rings. The number of nitrogens with one attached hydrogen (secondary N) is 1. The monoisotopic (exact) mass is 301 g/mol. The van der Waals surface area contributed by atoms with E-state index in [0.29, 0.717) is 0 Å². The number of rotatable bonds is 1. The number of aromatic nitrogens is 3. The van der Waals surface area contributed by atoms with Gasteiger partial charge in [-0.05, 0) is 47.2 Å². The van der Waals surface area contributed by atoms with Crippen LogP contribution in [-0.2, 0) is 0 Å². The Morgan fingerprint density at radius 2 is 2.29 bits per heavy atom. The van der Waals surface area contributed by atoms with E-state index in [0.717, 1.165) is 14.8 Å². The van der Waals surface area contributed by atoms with E-state index in [1.165, 1.54) is 10.9 Å². The van der Waals surface area contributed by atoms with Gasteiger partial charge in [-0.2, -0.15) is 5.10 Å². The van der Waals surface area contributed by atoms with Crippen LogP contribution in [0.4, 0.5) is 0 Å². The van der Waals surface area contributed by atoms with Crippen LogP contribution < -0.4 is 5.69 Å². The average Bonchev–Trinajstić information content (AvgIpc) is 2.57. The van der Waals surface area contributed by atoms with Crippen molar-refractivity contribution in [1.29, 1.82) is 0 Å². The summed E-state index contributed by atoms with van der Waals surface area (Å²) in [4.78, 5) is 11.3. The van der Waals surface area contributed by atoms with Gasteiger partial charge in [-0.1, -0.05) is 6.07 Å². The molecule has 2 rings (SSSR count). The van der Waals surface area contributed by atoms with Crippen molar-refractivity contribution < 1.29 is 0 Å². The summed E-state index contributed by atoms with van der Waals surface area (Å²) in [6.45, 7) is 1.98. The molecule has 0 fully saturated rings. The number of aromatic amines is 1. The first-order chi connectivity index (χ1) is 6.70. The van der Waals surface area contributed by atoms with Crippen LogP contribution in [0.2, 0.25) is 0 Å². The molecule has 0 unspecified atom stereocenters. The van der Waals surface area contributed by atoms with Crippen molar-refractivity contribution in [3.05, 3.63) is 44.1 Å². The summed E-state index contributed by atoms with van der Waals surface area (Å²) in [5.41, 5.74) is 1.74. The second-order valence-corrected chi connectivity index (χ2v) is 4.08.